The summed E-state index contributed by atoms with van der Waals surface area (Å²) >= 11 is 1.25. The summed E-state index contributed by atoms with van der Waals surface area (Å²) in [6, 6.07) is 13.7. The van der Waals surface area contributed by atoms with Crippen LogP contribution < -0.4 is 15.4 Å². The first-order chi connectivity index (χ1) is 13.5. The standard InChI is InChI=1S/C19H15N3O5S/c1-27-14-7-4-12(5-8-14)20-18(23)15-11-13(22(25)26)6-9-16(15)21-19(24)17-3-2-10-28-17/h2-11H,1H3,(H,20,23)(H,21,24). The number of anilines is 2. The number of nitro groups is 1. The highest BCUT2D eigenvalue weighted by atomic mass is 32.1. The van der Waals surface area contributed by atoms with Crippen LogP contribution in [-0.4, -0.2) is 23.8 Å². The van der Waals surface area contributed by atoms with Crippen molar-refractivity contribution >= 4 is 40.2 Å². The second-order valence-corrected chi connectivity index (χ2v) is 6.55. The second-order valence-electron chi connectivity index (χ2n) is 5.60. The Morgan fingerprint density at radius 2 is 1.79 bits per heavy atom. The molecule has 142 valence electrons. The first-order valence-electron chi connectivity index (χ1n) is 8.06. The van der Waals surface area contributed by atoms with Crippen molar-refractivity contribution in [2.45, 2.75) is 0 Å². The zero-order valence-electron chi connectivity index (χ0n) is 14.7. The number of benzene rings is 2. The van der Waals surface area contributed by atoms with Crippen LogP contribution in [0.25, 0.3) is 0 Å². The normalized spacial score (nSPS) is 10.2. The molecule has 2 N–H and O–H groups in total. The third kappa shape index (κ3) is 4.33. The van der Waals surface area contributed by atoms with E-state index >= 15 is 0 Å². The molecule has 0 aliphatic carbocycles. The number of ether oxygens (including phenoxy) is 1. The second kappa shape index (κ2) is 8.31. The predicted molar refractivity (Wildman–Crippen MR) is 106 cm³/mol. The highest BCUT2D eigenvalue weighted by Crippen LogP contribution is 2.25. The van der Waals surface area contributed by atoms with Gasteiger partial charge in [-0.2, -0.15) is 0 Å². The van der Waals surface area contributed by atoms with E-state index in [1.165, 1.54) is 30.6 Å². The molecule has 2 aromatic carbocycles. The topological polar surface area (TPSA) is 111 Å². The number of nitrogens with zero attached hydrogens (tertiary/aromatic N) is 1. The van der Waals surface area contributed by atoms with E-state index in [9.17, 15) is 19.7 Å². The van der Waals surface area contributed by atoms with Crippen LogP contribution in [0.1, 0.15) is 20.0 Å². The molecule has 3 aromatic rings. The molecule has 1 heterocycles. The summed E-state index contributed by atoms with van der Waals surface area (Å²) in [5, 5.41) is 18.1. The Hall–Kier alpha value is -3.72. The zero-order valence-corrected chi connectivity index (χ0v) is 15.5. The number of hydrogen-bond donors (Lipinski definition) is 2. The Morgan fingerprint density at radius 3 is 2.39 bits per heavy atom. The van der Waals surface area contributed by atoms with Crippen LogP contribution >= 0.6 is 11.3 Å². The maximum absolute atomic E-state index is 12.7. The lowest BCUT2D eigenvalue weighted by atomic mass is 10.1. The smallest absolute Gasteiger partial charge is 0.270 e. The number of nitrogens with one attached hydrogen (secondary N) is 2. The van der Waals surface area contributed by atoms with Crippen molar-refractivity contribution in [2.75, 3.05) is 17.7 Å². The summed E-state index contributed by atoms with van der Waals surface area (Å²) in [4.78, 5) is 36.0. The van der Waals surface area contributed by atoms with Gasteiger partial charge in [-0.05, 0) is 41.8 Å². The SMILES string of the molecule is COc1ccc(NC(=O)c2cc([N+](=O)[O-])ccc2NC(=O)c2cccs2)cc1. The Labute approximate surface area is 163 Å². The van der Waals surface area contributed by atoms with Gasteiger partial charge in [-0.1, -0.05) is 6.07 Å². The van der Waals surface area contributed by atoms with E-state index in [-0.39, 0.29) is 16.9 Å². The zero-order chi connectivity index (χ0) is 20.1. The van der Waals surface area contributed by atoms with E-state index < -0.39 is 16.7 Å². The fourth-order valence-corrected chi connectivity index (χ4v) is 3.03. The molecule has 0 radical (unpaired) electrons. The summed E-state index contributed by atoms with van der Waals surface area (Å²) < 4.78 is 5.06. The summed E-state index contributed by atoms with van der Waals surface area (Å²) in [6.45, 7) is 0. The molecule has 28 heavy (non-hydrogen) atoms. The summed E-state index contributed by atoms with van der Waals surface area (Å²) in [5.41, 5.74) is 0.381. The monoisotopic (exact) mass is 397 g/mol. The van der Waals surface area contributed by atoms with E-state index in [0.29, 0.717) is 16.3 Å². The minimum absolute atomic E-state index is 0.0186. The molecule has 0 spiro atoms. The molecule has 0 unspecified atom stereocenters. The quantitative estimate of drug-likeness (QED) is 0.479. The van der Waals surface area contributed by atoms with Crippen molar-refractivity contribution < 1.29 is 19.2 Å². The van der Waals surface area contributed by atoms with E-state index in [4.69, 9.17) is 4.74 Å². The highest BCUT2D eigenvalue weighted by Gasteiger charge is 2.19. The molecule has 9 heteroatoms. The van der Waals surface area contributed by atoms with Gasteiger partial charge in [0, 0.05) is 17.8 Å². The van der Waals surface area contributed by atoms with Gasteiger partial charge in [0.1, 0.15) is 5.75 Å². The van der Waals surface area contributed by atoms with E-state index in [1.54, 1.807) is 41.8 Å². The van der Waals surface area contributed by atoms with Gasteiger partial charge in [-0.15, -0.1) is 11.3 Å². The van der Waals surface area contributed by atoms with Gasteiger partial charge in [0.05, 0.1) is 28.2 Å². The number of non-ortho nitro benzene ring substituents is 1. The number of hydrogen-bond acceptors (Lipinski definition) is 6. The molecule has 0 saturated carbocycles. The fourth-order valence-electron chi connectivity index (χ4n) is 2.41. The number of carbonyl (C=O) groups is 2. The van der Waals surface area contributed by atoms with Crippen molar-refractivity contribution in [3.8, 4) is 5.75 Å². The Balaban J connectivity index is 1.89. The molecular weight excluding hydrogens is 382 g/mol. The number of carbonyl (C=O) groups excluding carboxylic acids is 2. The molecule has 0 bridgehead atoms. The van der Waals surface area contributed by atoms with Crippen molar-refractivity contribution in [1.82, 2.24) is 0 Å². The molecule has 3 rings (SSSR count). The van der Waals surface area contributed by atoms with Crippen LogP contribution in [0.4, 0.5) is 17.1 Å². The summed E-state index contributed by atoms with van der Waals surface area (Å²) in [7, 11) is 1.53. The molecule has 1 aromatic heterocycles. The van der Waals surface area contributed by atoms with Crippen molar-refractivity contribution in [1.29, 1.82) is 0 Å². The Bertz CT molecular complexity index is 1020. The molecule has 0 aliphatic heterocycles. The van der Waals surface area contributed by atoms with Crippen molar-refractivity contribution in [3.05, 3.63) is 80.5 Å². The van der Waals surface area contributed by atoms with Gasteiger partial charge in [-0.25, -0.2) is 0 Å². The number of rotatable bonds is 6. The third-order valence-corrected chi connectivity index (χ3v) is 4.67. The number of amides is 2. The van der Waals surface area contributed by atoms with E-state index in [1.807, 2.05) is 0 Å². The first kappa shape index (κ1) is 19.1. The maximum Gasteiger partial charge on any atom is 0.270 e. The van der Waals surface area contributed by atoms with Gasteiger partial charge >= 0.3 is 0 Å². The third-order valence-electron chi connectivity index (χ3n) is 3.80. The van der Waals surface area contributed by atoms with Crippen LogP contribution in [0.3, 0.4) is 0 Å². The summed E-state index contributed by atoms with van der Waals surface area (Å²) in [6.07, 6.45) is 0. The number of nitro benzene ring substituents is 1. The van der Waals surface area contributed by atoms with Gasteiger partial charge < -0.3 is 15.4 Å². The fraction of sp³-hybridized carbons (Fsp3) is 0.0526. The van der Waals surface area contributed by atoms with Crippen molar-refractivity contribution in [3.63, 3.8) is 0 Å². The van der Waals surface area contributed by atoms with Crippen LogP contribution in [0.15, 0.2) is 60.0 Å². The number of thiophene rings is 1. The molecule has 0 fully saturated rings. The van der Waals surface area contributed by atoms with Gasteiger partial charge in [0.15, 0.2) is 0 Å². The molecule has 0 atom stereocenters. The summed E-state index contributed by atoms with van der Waals surface area (Å²) in [5.74, 6) is -0.366. The largest absolute Gasteiger partial charge is 0.497 e. The van der Waals surface area contributed by atoms with Gasteiger partial charge in [-0.3, -0.25) is 19.7 Å². The lowest BCUT2D eigenvalue weighted by Crippen LogP contribution is -2.18. The minimum atomic E-state index is -0.602. The van der Waals surface area contributed by atoms with Crippen LogP contribution in [0.2, 0.25) is 0 Å². The number of methoxy groups -OCH3 is 1. The van der Waals surface area contributed by atoms with E-state index in [0.717, 1.165) is 6.07 Å². The minimum Gasteiger partial charge on any atom is -0.497 e. The molecule has 2 amide bonds. The Kier molecular flexibility index (Phi) is 5.66. The van der Waals surface area contributed by atoms with Gasteiger partial charge in [0.25, 0.3) is 17.5 Å². The van der Waals surface area contributed by atoms with Crippen LogP contribution in [-0.2, 0) is 0 Å². The predicted octanol–water partition coefficient (Wildman–Crippen LogP) is 4.17. The Morgan fingerprint density at radius 1 is 1.04 bits per heavy atom. The molecule has 0 saturated heterocycles. The lowest BCUT2D eigenvalue weighted by Gasteiger charge is -2.11. The lowest BCUT2D eigenvalue weighted by molar-refractivity contribution is -0.384. The van der Waals surface area contributed by atoms with Crippen molar-refractivity contribution in [2.24, 2.45) is 0 Å². The maximum atomic E-state index is 12.7. The molecule has 0 aliphatic rings. The van der Waals surface area contributed by atoms with Gasteiger partial charge in [0.2, 0.25) is 0 Å². The molecule has 8 nitrogen and oxygen atoms in total. The molecular formula is C19H15N3O5S. The average molecular weight is 397 g/mol. The average Bonchev–Trinajstić information content (AvgIpc) is 3.23. The highest BCUT2D eigenvalue weighted by molar-refractivity contribution is 7.12. The van der Waals surface area contributed by atoms with Crippen LogP contribution in [0, 0.1) is 10.1 Å². The van der Waals surface area contributed by atoms with E-state index in [2.05, 4.69) is 10.6 Å². The van der Waals surface area contributed by atoms with Crippen LogP contribution in [0.5, 0.6) is 5.75 Å². The first-order valence-corrected chi connectivity index (χ1v) is 8.94.